The van der Waals surface area contributed by atoms with E-state index in [0.717, 1.165) is 18.2 Å². The molecule has 1 saturated heterocycles. The van der Waals surface area contributed by atoms with Crippen LogP contribution in [0, 0.1) is 18.6 Å². The van der Waals surface area contributed by atoms with Crippen LogP contribution in [0.5, 0.6) is 0 Å². The van der Waals surface area contributed by atoms with Crippen molar-refractivity contribution in [1.29, 1.82) is 0 Å². The fourth-order valence-electron chi connectivity index (χ4n) is 2.52. The first-order valence-corrected chi connectivity index (χ1v) is 6.85. The van der Waals surface area contributed by atoms with Gasteiger partial charge in [0.2, 0.25) is 5.89 Å². The predicted molar refractivity (Wildman–Crippen MR) is 71.5 cm³/mol. The number of hydrogen-bond acceptors (Lipinski definition) is 4. The second-order valence-corrected chi connectivity index (χ2v) is 5.11. The van der Waals surface area contributed by atoms with Gasteiger partial charge >= 0.3 is 0 Å². The molecule has 2 atom stereocenters. The second kappa shape index (κ2) is 5.91. The molecule has 0 radical (unpaired) electrons. The van der Waals surface area contributed by atoms with E-state index in [1.165, 1.54) is 6.07 Å². The quantitative estimate of drug-likeness (QED) is 0.942. The summed E-state index contributed by atoms with van der Waals surface area (Å²) < 4.78 is 37.4. The van der Waals surface area contributed by atoms with Gasteiger partial charge in [-0.1, -0.05) is 6.07 Å². The lowest BCUT2D eigenvalue weighted by Gasteiger charge is -2.19. The van der Waals surface area contributed by atoms with Crippen molar-refractivity contribution in [2.24, 2.45) is 0 Å². The van der Waals surface area contributed by atoms with Crippen molar-refractivity contribution in [2.45, 2.75) is 32.0 Å². The minimum absolute atomic E-state index is 0.0158. The Kier molecular flexibility index (Phi) is 3.98. The molecular formula is C15H16F2N2O2. The van der Waals surface area contributed by atoms with Gasteiger partial charge in [-0.25, -0.2) is 13.8 Å². The molecule has 2 aromatic rings. The Labute approximate surface area is 121 Å². The van der Waals surface area contributed by atoms with Crippen LogP contribution >= 0.6 is 0 Å². The second-order valence-electron chi connectivity index (χ2n) is 5.11. The highest BCUT2D eigenvalue weighted by atomic mass is 19.2. The van der Waals surface area contributed by atoms with E-state index in [1.54, 1.807) is 12.3 Å². The summed E-state index contributed by atoms with van der Waals surface area (Å²) in [4.78, 5) is 4.12. The van der Waals surface area contributed by atoms with Gasteiger partial charge in [0, 0.05) is 12.6 Å². The number of halogens is 2. The van der Waals surface area contributed by atoms with Crippen molar-refractivity contribution >= 4 is 0 Å². The summed E-state index contributed by atoms with van der Waals surface area (Å²) in [7, 11) is 0. The fourth-order valence-corrected chi connectivity index (χ4v) is 2.52. The molecule has 1 fully saturated rings. The third kappa shape index (κ3) is 3.11. The highest BCUT2D eigenvalue weighted by Gasteiger charge is 2.30. The smallest absolute Gasteiger partial charge is 0.208 e. The third-order valence-corrected chi connectivity index (χ3v) is 3.55. The molecule has 4 nitrogen and oxygen atoms in total. The van der Waals surface area contributed by atoms with Crippen molar-refractivity contribution in [3.8, 4) is 0 Å². The van der Waals surface area contributed by atoms with Gasteiger partial charge in [-0.3, -0.25) is 0 Å². The number of hydrogen-bond donors (Lipinski definition) is 1. The molecule has 1 aliphatic heterocycles. The van der Waals surface area contributed by atoms with Crippen LogP contribution in [0.4, 0.5) is 8.78 Å². The summed E-state index contributed by atoms with van der Waals surface area (Å²) in [6.45, 7) is 2.88. The number of nitrogens with zero attached hydrogens (tertiary/aromatic N) is 1. The minimum Gasteiger partial charge on any atom is -0.445 e. The summed E-state index contributed by atoms with van der Waals surface area (Å²) in [6, 6.07) is 3.89. The van der Waals surface area contributed by atoms with E-state index < -0.39 is 11.6 Å². The van der Waals surface area contributed by atoms with Crippen LogP contribution in [-0.2, 0) is 11.3 Å². The van der Waals surface area contributed by atoms with Crippen molar-refractivity contribution < 1.29 is 17.9 Å². The van der Waals surface area contributed by atoms with Crippen molar-refractivity contribution in [1.82, 2.24) is 10.3 Å². The molecule has 3 rings (SSSR count). The molecule has 21 heavy (non-hydrogen) atoms. The van der Waals surface area contributed by atoms with Crippen LogP contribution < -0.4 is 5.32 Å². The summed E-state index contributed by atoms with van der Waals surface area (Å²) in [5.74, 6) is -0.350. The van der Waals surface area contributed by atoms with Gasteiger partial charge in [-0.15, -0.1) is 0 Å². The van der Waals surface area contributed by atoms with Gasteiger partial charge in [0.1, 0.15) is 5.76 Å². The summed E-state index contributed by atoms with van der Waals surface area (Å²) in [5.41, 5.74) is 0.632. The predicted octanol–water partition coefficient (Wildman–Crippen LogP) is 2.88. The van der Waals surface area contributed by atoms with Gasteiger partial charge in [-0.05, 0) is 31.0 Å². The average Bonchev–Trinajstić information content (AvgIpc) is 3.08. The zero-order valence-electron chi connectivity index (χ0n) is 11.6. The van der Waals surface area contributed by atoms with Crippen molar-refractivity contribution in [3.63, 3.8) is 0 Å². The topological polar surface area (TPSA) is 47.3 Å². The third-order valence-electron chi connectivity index (χ3n) is 3.55. The standard InChI is InChI=1S/C15H16F2N2O2/c1-9-7-19-14(21-9)8-18-13-4-5-20-15(13)10-2-3-11(16)12(17)6-10/h2-3,6-7,13,15,18H,4-5,8H2,1H3/t13-,15+/m0/s1. The van der Waals surface area contributed by atoms with Gasteiger partial charge in [0.25, 0.3) is 0 Å². The Morgan fingerprint density at radius 3 is 2.90 bits per heavy atom. The number of nitrogens with one attached hydrogen (secondary N) is 1. The maximum absolute atomic E-state index is 13.3. The van der Waals surface area contributed by atoms with Crippen LogP contribution in [0.2, 0.25) is 0 Å². The van der Waals surface area contributed by atoms with Crippen LogP contribution in [0.25, 0.3) is 0 Å². The van der Waals surface area contributed by atoms with Crippen LogP contribution in [0.3, 0.4) is 0 Å². The first-order valence-electron chi connectivity index (χ1n) is 6.85. The largest absolute Gasteiger partial charge is 0.445 e. The molecule has 6 heteroatoms. The number of aryl methyl sites for hydroxylation is 1. The molecular weight excluding hydrogens is 278 g/mol. The first-order chi connectivity index (χ1) is 10.1. The van der Waals surface area contributed by atoms with Gasteiger partial charge in [0.05, 0.1) is 18.8 Å². The highest BCUT2D eigenvalue weighted by Crippen LogP contribution is 2.30. The molecule has 0 aliphatic carbocycles. The molecule has 0 saturated carbocycles. The average molecular weight is 294 g/mol. The summed E-state index contributed by atoms with van der Waals surface area (Å²) in [5, 5.41) is 3.30. The molecule has 2 heterocycles. The maximum Gasteiger partial charge on any atom is 0.208 e. The van der Waals surface area contributed by atoms with Crippen LogP contribution in [-0.4, -0.2) is 17.6 Å². The van der Waals surface area contributed by atoms with Gasteiger partial charge in [0.15, 0.2) is 11.6 Å². The molecule has 112 valence electrons. The van der Waals surface area contributed by atoms with E-state index in [1.807, 2.05) is 6.92 Å². The monoisotopic (exact) mass is 294 g/mol. The van der Waals surface area contributed by atoms with Crippen LogP contribution in [0.15, 0.2) is 28.8 Å². The normalized spacial score (nSPS) is 21.9. The lowest BCUT2D eigenvalue weighted by molar-refractivity contribution is 0.0976. The SMILES string of the molecule is Cc1cnc(CN[C@H]2CCO[C@@H]2c2ccc(F)c(F)c2)o1. The van der Waals surface area contributed by atoms with E-state index in [-0.39, 0.29) is 12.1 Å². The van der Waals surface area contributed by atoms with E-state index in [0.29, 0.717) is 24.6 Å². The lowest BCUT2D eigenvalue weighted by Crippen LogP contribution is -2.31. The molecule has 1 N–H and O–H groups in total. The van der Waals surface area contributed by atoms with Gasteiger partial charge < -0.3 is 14.5 Å². The molecule has 1 aliphatic rings. The zero-order chi connectivity index (χ0) is 14.8. The number of ether oxygens (including phenoxy) is 1. The molecule has 0 unspecified atom stereocenters. The molecule has 0 spiro atoms. The number of benzene rings is 1. The lowest BCUT2D eigenvalue weighted by atomic mass is 10.0. The Morgan fingerprint density at radius 2 is 2.19 bits per heavy atom. The number of aromatic nitrogens is 1. The van der Waals surface area contributed by atoms with E-state index in [2.05, 4.69) is 10.3 Å². The zero-order valence-corrected chi connectivity index (χ0v) is 11.6. The van der Waals surface area contributed by atoms with E-state index in [9.17, 15) is 8.78 Å². The Balaban J connectivity index is 1.68. The number of rotatable bonds is 4. The number of oxazole rings is 1. The van der Waals surface area contributed by atoms with Crippen LogP contribution in [0.1, 0.15) is 29.7 Å². The Morgan fingerprint density at radius 1 is 1.33 bits per heavy atom. The maximum atomic E-state index is 13.3. The summed E-state index contributed by atoms with van der Waals surface area (Å²) >= 11 is 0. The molecule has 0 amide bonds. The Hall–Kier alpha value is -1.79. The van der Waals surface area contributed by atoms with E-state index in [4.69, 9.17) is 9.15 Å². The molecule has 0 bridgehead atoms. The minimum atomic E-state index is -0.856. The first kappa shape index (κ1) is 14.2. The Bertz CT molecular complexity index is 630. The summed E-state index contributed by atoms with van der Waals surface area (Å²) in [6.07, 6.45) is 2.16. The molecule has 1 aromatic heterocycles. The fraction of sp³-hybridized carbons (Fsp3) is 0.400. The van der Waals surface area contributed by atoms with Crippen molar-refractivity contribution in [2.75, 3.05) is 6.61 Å². The van der Waals surface area contributed by atoms with Crippen molar-refractivity contribution in [3.05, 3.63) is 53.2 Å². The van der Waals surface area contributed by atoms with Gasteiger partial charge in [-0.2, -0.15) is 0 Å². The van der Waals surface area contributed by atoms with E-state index >= 15 is 0 Å². The molecule has 1 aromatic carbocycles. The highest BCUT2D eigenvalue weighted by molar-refractivity contribution is 5.22.